The Morgan fingerprint density at radius 1 is 1.43 bits per heavy atom. The maximum atomic E-state index is 11.7. The molecule has 0 amide bonds. The Morgan fingerprint density at radius 3 is 2.86 bits per heavy atom. The number of unbranched alkanes of at least 4 members (excludes halogenated alkanes) is 1. The number of hydrogen-bond donors (Lipinski definition) is 0. The van der Waals surface area contributed by atoms with Crippen LogP contribution >= 0.6 is 0 Å². The fraction of sp³-hybridized carbons (Fsp3) is 0.636. The minimum Gasteiger partial charge on any atom is -0.329 e. The Labute approximate surface area is 85.2 Å². The maximum Gasteiger partial charge on any atom is 0.198 e. The van der Waals surface area contributed by atoms with E-state index < -0.39 is 0 Å². The monoisotopic (exact) mass is 194 g/mol. The predicted octanol–water partition coefficient (Wildman–Crippen LogP) is 2.67. The van der Waals surface area contributed by atoms with Gasteiger partial charge in [-0.25, -0.2) is 4.98 Å². The zero-order chi connectivity index (χ0) is 10.4. The average Bonchev–Trinajstić information content (AvgIpc) is 2.63. The van der Waals surface area contributed by atoms with E-state index in [0.29, 0.717) is 12.2 Å². The van der Waals surface area contributed by atoms with E-state index in [-0.39, 0.29) is 5.78 Å². The molecule has 0 fully saturated rings. The molecule has 0 radical (unpaired) electrons. The lowest BCUT2D eigenvalue weighted by Crippen LogP contribution is -2.09. The van der Waals surface area contributed by atoms with E-state index in [1.165, 1.54) is 0 Å². The second kappa shape index (κ2) is 5.58. The van der Waals surface area contributed by atoms with Crippen LogP contribution in [0.2, 0.25) is 0 Å². The SMILES string of the molecule is CCCCC(=O)c1nccn1CCC. The average molecular weight is 194 g/mol. The van der Waals surface area contributed by atoms with Crippen LogP contribution in [-0.2, 0) is 6.54 Å². The number of nitrogens with zero attached hydrogens (tertiary/aromatic N) is 2. The van der Waals surface area contributed by atoms with Crippen LogP contribution in [0.1, 0.15) is 50.1 Å². The van der Waals surface area contributed by atoms with Gasteiger partial charge in [0.05, 0.1) is 0 Å². The number of carbonyl (C=O) groups is 1. The Morgan fingerprint density at radius 2 is 2.21 bits per heavy atom. The molecule has 0 aliphatic heterocycles. The van der Waals surface area contributed by atoms with Crippen molar-refractivity contribution in [3.8, 4) is 0 Å². The molecule has 1 heterocycles. The third-order valence-electron chi connectivity index (χ3n) is 2.19. The molecule has 0 saturated carbocycles. The molecular formula is C11H18N2O. The molecule has 1 rings (SSSR count). The van der Waals surface area contributed by atoms with Gasteiger partial charge in [-0.05, 0) is 12.8 Å². The molecule has 78 valence electrons. The van der Waals surface area contributed by atoms with Crippen molar-refractivity contribution in [3.63, 3.8) is 0 Å². The zero-order valence-electron chi connectivity index (χ0n) is 8.99. The quantitative estimate of drug-likeness (QED) is 0.652. The summed E-state index contributed by atoms with van der Waals surface area (Å²) in [5, 5.41) is 0. The fourth-order valence-corrected chi connectivity index (χ4v) is 1.43. The first-order valence-corrected chi connectivity index (χ1v) is 5.34. The first-order chi connectivity index (χ1) is 6.79. The van der Waals surface area contributed by atoms with Crippen molar-refractivity contribution in [2.24, 2.45) is 0 Å². The standard InChI is InChI=1S/C11H18N2O/c1-3-5-6-10(14)11-12-7-9-13(11)8-4-2/h7,9H,3-6,8H2,1-2H3. The highest BCUT2D eigenvalue weighted by molar-refractivity contribution is 5.92. The van der Waals surface area contributed by atoms with E-state index in [1.807, 2.05) is 10.8 Å². The Kier molecular flexibility index (Phi) is 4.36. The molecule has 3 heteroatoms. The molecule has 0 saturated heterocycles. The lowest BCUT2D eigenvalue weighted by Gasteiger charge is -2.04. The van der Waals surface area contributed by atoms with Crippen molar-refractivity contribution < 1.29 is 4.79 Å². The third kappa shape index (κ3) is 2.69. The first-order valence-electron chi connectivity index (χ1n) is 5.34. The van der Waals surface area contributed by atoms with E-state index in [2.05, 4.69) is 18.8 Å². The number of rotatable bonds is 6. The Hall–Kier alpha value is -1.12. The number of carbonyl (C=O) groups excluding carboxylic acids is 1. The normalized spacial score (nSPS) is 10.4. The van der Waals surface area contributed by atoms with E-state index in [0.717, 1.165) is 25.8 Å². The summed E-state index contributed by atoms with van der Waals surface area (Å²) >= 11 is 0. The van der Waals surface area contributed by atoms with Gasteiger partial charge in [-0.15, -0.1) is 0 Å². The maximum absolute atomic E-state index is 11.7. The molecule has 3 nitrogen and oxygen atoms in total. The lowest BCUT2D eigenvalue weighted by molar-refractivity contribution is 0.0965. The van der Waals surface area contributed by atoms with E-state index in [1.54, 1.807) is 6.20 Å². The summed E-state index contributed by atoms with van der Waals surface area (Å²) in [4.78, 5) is 15.8. The van der Waals surface area contributed by atoms with Crippen LogP contribution in [0.25, 0.3) is 0 Å². The molecule has 0 aliphatic carbocycles. The number of aryl methyl sites for hydroxylation is 1. The molecule has 0 unspecified atom stereocenters. The zero-order valence-corrected chi connectivity index (χ0v) is 8.99. The molecule has 0 bridgehead atoms. The summed E-state index contributed by atoms with van der Waals surface area (Å²) in [6.07, 6.45) is 7.25. The Bertz CT molecular complexity index is 291. The number of aromatic nitrogens is 2. The molecule has 0 atom stereocenters. The smallest absolute Gasteiger partial charge is 0.198 e. The number of Topliss-reactive ketones (excluding diaryl/α,β-unsaturated/α-hetero) is 1. The summed E-state index contributed by atoms with van der Waals surface area (Å²) in [6, 6.07) is 0. The van der Waals surface area contributed by atoms with Crippen LogP contribution < -0.4 is 0 Å². The number of ketones is 1. The minimum absolute atomic E-state index is 0.172. The van der Waals surface area contributed by atoms with Gasteiger partial charge in [0.25, 0.3) is 0 Å². The van der Waals surface area contributed by atoms with E-state index in [9.17, 15) is 4.79 Å². The van der Waals surface area contributed by atoms with Crippen molar-refractivity contribution in [2.75, 3.05) is 0 Å². The van der Waals surface area contributed by atoms with Gasteiger partial charge in [-0.1, -0.05) is 20.3 Å². The van der Waals surface area contributed by atoms with E-state index in [4.69, 9.17) is 0 Å². The number of imidazole rings is 1. The molecule has 0 aliphatic rings. The van der Waals surface area contributed by atoms with Crippen LogP contribution in [0.15, 0.2) is 12.4 Å². The number of hydrogen-bond acceptors (Lipinski definition) is 2. The van der Waals surface area contributed by atoms with E-state index >= 15 is 0 Å². The summed E-state index contributed by atoms with van der Waals surface area (Å²) in [6.45, 7) is 5.07. The van der Waals surface area contributed by atoms with Crippen molar-refractivity contribution in [2.45, 2.75) is 46.1 Å². The molecule has 0 spiro atoms. The second-order valence-corrected chi connectivity index (χ2v) is 3.47. The van der Waals surface area contributed by atoms with Gasteiger partial charge in [0.1, 0.15) is 0 Å². The highest BCUT2D eigenvalue weighted by Crippen LogP contribution is 2.06. The van der Waals surface area contributed by atoms with Gasteiger partial charge in [-0.3, -0.25) is 4.79 Å². The Balaban J connectivity index is 2.63. The van der Waals surface area contributed by atoms with Gasteiger partial charge >= 0.3 is 0 Å². The molecule has 0 aromatic carbocycles. The lowest BCUT2D eigenvalue weighted by atomic mass is 10.2. The van der Waals surface area contributed by atoms with Crippen LogP contribution in [0, 0.1) is 0 Å². The molecule has 1 aromatic rings. The topological polar surface area (TPSA) is 34.9 Å². The summed E-state index contributed by atoms with van der Waals surface area (Å²) < 4.78 is 1.94. The third-order valence-corrected chi connectivity index (χ3v) is 2.19. The second-order valence-electron chi connectivity index (χ2n) is 3.47. The van der Waals surface area contributed by atoms with Gasteiger partial charge in [-0.2, -0.15) is 0 Å². The molecule has 1 aromatic heterocycles. The fourth-order valence-electron chi connectivity index (χ4n) is 1.43. The summed E-state index contributed by atoms with van der Waals surface area (Å²) in [7, 11) is 0. The molecular weight excluding hydrogens is 176 g/mol. The van der Waals surface area contributed by atoms with Crippen LogP contribution in [0.3, 0.4) is 0 Å². The summed E-state index contributed by atoms with van der Waals surface area (Å²) in [5.74, 6) is 0.797. The highest BCUT2D eigenvalue weighted by Gasteiger charge is 2.10. The predicted molar refractivity (Wildman–Crippen MR) is 56.4 cm³/mol. The van der Waals surface area contributed by atoms with Crippen LogP contribution in [-0.4, -0.2) is 15.3 Å². The molecule has 14 heavy (non-hydrogen) atoms. The van der Waals surface area contributed by atoms with Gasteiger partial charge in [0, 0.05) is 25.4 Å². The van der Waals surface area contributed by atoms with Crippen LogP contribution in [0.4, 0.5) is 0 Å². The largest absolute Gasteiger partial charge is 0.329 e. The highest BCUT2D eigenvalue weighted by atomic mass is 16.1. The summed E-state index contributed by atoms with van der Waals surface area (Å²) in [5.41, 5.74) is 0. The molecule has 0 N–H and O–H groups in total. The van der Waals surface area contributed by atoms with Crippen molar-refractivity contribution in [1.82, 2.24) is 9.55 Å². The van der Waals surface area contributed by atoms with Crippen molar-refractivity contribution >= 4 is 5.78 Å². The van der Waals surface area contributed by atoms with Gasteiger partial charge in [0.15, 0.2) is 11.6 Å². The minimum atomic E-state index is 0.172. The first kappa shape index (κ1) is 11.0. The van der Waals surface area contributed by atoms with Gasteiger partial charge < -0.3 is 4.57 Å². The van der Waals surface area contributed by atoms with Gasteiger partial charge in [0.2, 0.25) is 0 Å². The van der Waals surface area contributed by atoms with Crippen molar-refractivity contribution in [1.29, 1.82) is 0 Å². The van der Waals surface area contributed by atoms with Crippen LogP contribution in [0.5, 0.6) is 0 Å². The van der Waals surface area contributed by atoms with Crippen molar-refractivity contribution in [3.05, 3.63) is 18.2 Å².